The average Bonchev–Trinajstić information content (AvgIpc) is 2.39. The third kappa shape index (κ3) is 3.81. The van der Waals surface area contributed by atoms with Crippen molar-refractivity contribution in [2.24, 2.45) is 0 Å². The van der Waals surface area contributed by atoms with Crippen LogP contribution in [-0.2, 0) is 9.53 Å². The monoisotopic (exact) mass is 271 g/mol. The van der Waals surface area contributed by atoms with Crippen LogP contribution < -0.4 is 5.32 Å². The van der Waals surface area contributed by atoms with Gasteiger partial charge in [0, 0.05) is 19.1 Å². The van der Waals surface area contributed by atoms with Crippen LogP contribution in [0, 0.1) is 0 Å². The number of aliphatic carboxylic acids is 1. The molecule has 0 aromatic carbocycles. The van der Waals surface area contributed by atoms with E-state index < -0.39 is 12.1 Å². The molecule has 0 aliphatic carbocycles. The van der Waals surface area contributed by atoms with E-state index >= 15 is 0 Å². The van der Waals surface area contributed by atoms with E-state index in [-0.39, 0.29) is 25.2 Å². The first-order chi connectivity index (χ1) is 9.06. The van der Waals surface area contributed by atoms with Crippen molar-refractivity contribution in [1.82, 2.24) is 15.1 Å². The molecule has 2 aliphatic heterocycles. The van der Waals surface area contributed by atoms with Gasteiger partial charge >= 0.3 is 12.0 Å². The summed E-state index contributed by atoms with van der Waals surface area (Å²) in [6.07, 6.45) is 1.14. The van der Waals surface area contributed by atoms with Gasteiger partial charge in [-0.25, -0.2) is 9.59 Å². The van der Waals surface area contributed by atoms with Gasteiger partial charge in [-0.1, -0.05) is 0 Å². The Bertz CT molecular complexity index is 350. The Balaban J connectivity index is 1.83. The first kappa shape index (κ1) is 14.1. The number of morpholine rings is 1. The number of likely N-dealkylation sites (N-methyl/N-ethyl adjacent to an activating group) is 1. The number of carbonyl (C=O) groups excluding carboxylic acids is 1. The van der Waals surface area contributed by atoms with Crippen molar-refractivity contribution in [3.05, 3.63) is 0 Å². The number of nitrogens with zero attached hydrogens (tertiary/aromatic N) is 2. The lowest BCUT2D eigenvalue weighted by molar-refractivity contribution is -0.154. The molecule has 2 fully saturated rings. The van der Waals surface area contributed by atoms with Crippen LogP contribution in [0.5, 0.6) is 0 Å². The van der Waals surface area contributed by atoms with Gasteiger partial charge in [-0.05, 0) is 26.4 Å². The topological polar surface area (TPSA) is 82.1 Å². The number of hydrogen-bond acceptors (Lipinski definition) is 4. The zero-order valence-electron chi connectivity index (χ0n) is 11.2. The molecule has 7 nitrogen and oxygen atoms in total. The maximum atomic E-state index is 12.1. The van der Waals surface area contributed by atoms with E-state index in [1.165, 1.54) is 4.90 Å². The highest BCUT2D eigenvalue weighted by Crippen LogP contribution is 2.10. The van der Waals surface area contributed by atoms with Gasteiger partial charge in [0.1, 0.15) is 0 Å². The molecule has 2 N–H and O–H groups in total. The molecule has 2 atom stereocenters. The van der Waals surface area contributed by atoms with Gasteiger partial charge in [-0.2, -0.15) is 0 Å². The summed E-state index contributed by atoms with van der Waals surface area (Å²) in [6, 6.07) is -0.0350. The van der Waals surface area contributed by atoms with Gasteiger partial charge in [0.05, 0.1) is 13.2 Å². The van der Waals surface area contributed by atoms with Crippen molar-refractivity contribution in [3.63, 3.8) is 0 Å². The van der Waals surface area contributed by atoms with Crippen molar-refractivity contribution in [1.29, 1.82) is 0 Å². The molecule has 0 aromatic heterocycles. The van der Waals surface area contributed by atoms with Crippen LogP contribution in [0.2, 0.25) is 0 Å². The number of urea groups is 1. The van der Waals surface area contributed by atoms with Crippen LogP contribution in [-0.4, -0.2) is 78.9 Å². The molecule has 0 aromatic rings. The molecule has 0 radical (unpaired) electrons. The predicted molar refractivity (Wildman–Crippen MR) is 68.0 cm³/mol. The third-order valence-corrected chi connectivity index (χ3v) is 3.58. The first-order valence-corrected chi connectivity index (χ1v) is 6.64. The van der Waals surface area contributed by atoms with Crippen LogP contribution >= 0.6 is 0 Å². The minimum Gasteiger partial charge on any atom is -0.479 e. The van der Waals surface area contributed by atoms with Crippen LogP contribution in [0.3, 0.4) is 0 Å². The lowest BCUT2D eigenvalue weighted by Gasteiger charge is -2.35. The van der Waals surface area contributed by atoms with Gasteiger partial charge in [0.2, 0.25) is 0 Å². The number of hydrogen-bond donors (Lipinski definition) is 2. The van der Waals surface area contributed by atoms with E-state index in [4.69, 9.17) is 9.84 Å². The van der Waals surface area contributed by atoms with Crippen LogP contribution in [0.15, 0.2) is 0 Å². The number of piperidine rings is 1. The Hall–Kier alpha value is -1.34. The maximum Gasteiger partial charge on any atom is 0.334 e. The van der Waals surface area contributed by atoms with Crippen molar-refractivity contribution < 1.29 is 19.4 Å². The molecule has 108 valence electrons. The summed E-state index contributed by atoms with van der Waals surface area (Å²) in [4.78, 5) is 26.7. The number of carboxylic acid groups (broad SMARTS) is 1. The standard InChI is InChI=1S/C12H21N3O4/c1-14-4-2-3-9(7-14)13-12(18)15-5-6-19-10(8-15)11(16)17/h9-10H,2-8H2,1H3,(H,13,18)(H,16,17). The number of nitrogens with one attached hydrogen (secondary N) is 1. The predicted octanol–water partition coefficient (Wildman–Crippen LogP) is -0.424. The Morgan fingerprint density at radius 3 is 2.79 bits per heavy atom. The van der Waals surface area contributed by atoms with Crippen molar-refractivity contribution >= 4 is 12.0 Å². The molecule has 2 unspecified atom stereocenters. The molecule has 0 saturated carbocycles. The van der Waals surface area contributed by atoms with E-state index in [2.05, 4.69) is 10.2 Å². The summed E-state index contributed by atoms with van der Waals surface area (Å²) in [6.45, 7) is 2.74. The Labute approximate surface area is 112 Å². The van der Waals surface area contributed by atoms with Crippen LogP contribution in [0.25, 0.3) is 0 Å². The Kier molecular flexibility index (Phi) is 4.60. The van der Waals surface area contributed by atoms with Gasteiger partial charge in [0.15, 0.2) is 6.10 Å². The lowest BCUT2D eigenvalue weighted by Crippen LogP contribution is -2.55. The normalized spacial score (nSPS) is 29.0. The fourth-order valence-electron chi connectivity index (χ4n) is 2.53. The highest BCUT2D eigenvalue weighted by atomic mass is 16.5. The number of likely N-dealkylation sites (tertiary alicyclic amines) is 1. The molecule has 0 bridgehead atoms. The fraction of sp³-hybridized carbons (Fsp3) is 0.833. The SMILES string of the molecule is CN1CCCC(NC(=O)N2CCOC(C(=O)O)C2)C1. The van der Waals surface area contributed by atoms with Crippen molar-refractivity contribution in [2.45, 2.75) is 25.0 Å². The summed E-state index contributed by atoms with van der Waals surface area (Å²) < 4.78 is 5.10. The van der Waals surface area contributed by atoms with E-state index in [0.29, 0.717) is 6.54 Å². The highest BCUT2D eigenvalue weighted by molar-refractivity contribution is 5.77. The molecule has 7 heteroatoms. The molecule has 2 amide bonds. The van der Waals surface area contributed by atoms with Crippen LogP contribution in [0.4, 0.5) is 4.79 Å². The minimum atomic E-state index is -1.02. The molecule has 2 heterocycles. The molecule has 19 heavy (non-hydrogen) atoms. The molecule has 0 spiro atoms. The Morgan fingerprint density at radius 2 is 2.11 bits per heavy atom. The summed E-state index contributed by atoms with van der Waals surface area (Å²) in [5.41, 5.74) is 0. The molecule has 2 saturated heterocycles. The zero-order valence-corrected chi connectivity index (χ0v) is 11.2. The molecular weight excluding hydrogens is 250 g/mol. The summed E-state index contributed by atoms with van der Waals surface area (Å²) in [5.74, 6) is -1.02. The van der Waals surface area contributed by atoms with E-state index in [9.17, 15) is 9.59 Å². The number of amides is 2. The van der Waals surface area contributed by atoms with E-state index in [1.54, 1.807) is 0 Å². The minimum absolute atomic E-state index is 0.115. The van der Waals surface area contributed by atoms with Crippen molar-refractivity contribution in [3.8, 4) is 0 Å². The summed E-state index contributed by atoms with van der Waals surface area (Å²) in [5, 5.41) is 11.9. The number of ether oxygens (including phenoxy) is 1. The highest BCUT2D eigenvalue weighted by Gasteiger charge is 2.30. The number of carbonyl (C=O) groups is 2. The second kappa shape index (κ2) is 6.21. The second-order valence-electron chi connectivity index (χ2n) is 5.19. The summed E-state index contributed by atoms with van der Waals surface area (Å²) in [7, 11) is 2.04. The molecular formula is C12H21N3O4. The lowest BCUT2D eigenvalue weighted by atomic mass is 10.1. The Morgan fingerprint density at radius 1 is 1.32 bits per heavy atom. The second-order valence-corrected chi connectivity index (χ2v) is 5.19. The summed E-state index contributed by atoms with van der Waals surface area (Å²) >= 11 is 0. The maximum absolute atomic E-state index is 12.1. The van der Waals surface area contributed by atoms with E-state index in [1.807, 2.05) is 7.05 Å². The molecule has 2 rings (SSSR count). The number of rotatable bonds is 2. The van der Waals surface area contributed by atoms with E-state index in [0.717, 1.165) is 25.9 Å². The average molecular weight is 271 g/mol. The molecule has 2 aliphatic rings. The first-order valence-electron chi connectivity index (χ1n) is 6.64. The third-order valence-electron chi connectivity index (χ3n) is 3.58. The van der Waals surface area contributed by atoms with Gasteiger partial charge < -0.3 is 25.0 Å². The van der Waals surface area contributed by atoms with Gasteiger partial charge in [-0.15, -0.1) is 0 Å². The van der Waals surface area contributed by atoms with Crippen LogP contribution in [0.1, 0.15) is 12.8 Å². The van der Waals surface area contributed by atoms with Gasteiger partial charge in [-0.3, -0.25) is 0 Å². The number of carboxylic acids is 1. The largest absolute Gasteiger partial charge is 0.479 e. The zero-order chi connectivity index (χ0) is 13.8. The van der Waals surface area contributed by atoms with Gasteiger partial charge in [0.25, 0.3) is 0 Å². The van der Waals surface area contributed by atoms with Crippen molar-refractivity contribution in [2.75, 3.05) is 39.8 Å². The smallest absolute Gasteiger partial charge is 0.334 e. The fourth-order valence-corrected chi connectivity index (χ4v) is 2.53. The quantitative estimate of drug-likeness (QED) is 0.712.